The first-order chi connectivity index (χ1) is 6.70. The first-order valence-electron chi connectivity index (χ1n) is 5.53. The van der Waals surface area contributed by atoms with Crippen LogP contribution in [0.25, 0.3) is 0 Å². The molecule has 0 fully saturated rings. The SMILES string of the molecule is CC(C)c1cccc2c1N(C)CCC2. The van der Waals surface area contributed by atoms with Crippen molar-refractivity contribution in [3.05, 3.63) is 29.3 Å². The Morgan fingerprint density at radius 1 is 1.29 bits per heavy atom. The molecule has 0 saturated carbocycles. The maximum Gasteiger partial charge on any atom is 0.0431 e. The second kappa shape index (κ2) is 3.64. The number of benzene rings is 1. The fourth-order valence-electron chi connectivity index (χ4n) is 2.36. The van der Waals surface area contributed by atoms with Crippen molar-refractivity contribution in [1.29, 1.82) is 0 Å². The van der Waals surface area contributed by atoms with Gasteiger partial charge in [-0.2, -0.15) is 0 Å². The predicted molar refractivity (Wildman–Crippen MR) is 62.1 cm³/mol. The fourth-order valence-corrected chi connectivity index (χ4v) is 2.36. The standard InChI is InChI=1S/C13H19N/c1-10(2)12-8-4-6-11-7-5-9-14(3)13(11)12/h4,6,8,10H,5,7,9H2,1-3H3. The molecule has 1 heteroatoms. The van der Waals surface area contributed by atoms with Gasteiger partial charge in [-0.1, -0.05) is 32.0 Å². The van der Waals surface area contributed by atoms with Crippen LogP contribution in [0.4, 0.5) is 5.69 Å². The first-order valence-corrected chi connectivity index (χ1v) is 5.53. The summed E-state index contributed by atoms with van der Waals surface area (Å²) in [7, 11) is 2.21. The highest BCUT2D eigenvalue weighted by atomic mass is 15.1. The summed E-state index contributed by atoms with van der Waals surface area (Å²) in [5, 5.41) is 0. The number of fused-ring (bicyclic) bond motifs is 1. The smallest absolute Gasteiger partial charge is 0.0431 e. The van der Waals surface area contributed by atoms with E-state index in [4.69, 9.17) is 0 Å². The monoisotopic (exact) mass is 189 g/mol. The molecule has 14 heavy (non-hydrogen) atoms. The number of rotatable bonds is 1. The van der Waals surface area contributed by atoms with Crippen molar-refractivity contribution in [3.63, 3.8) is 0 Å². The second-order valence-electron chi connectivity index (χ2n) is 4.53. The number of nitrogens with zero attached hydrogens (tertiary/aromatic N) is 1. The van der Waals surface area contributed by atoms with Gasteiger partial charge in [0.25, 0.3) is 0 Å². The molecule has 0 saturated heterocycles. The highest BCUT2D eigenvalue weighted by Gasteiger charge is 2.17. The van der Waals surface area contributed by atoms with Gasteiger partial charge < -0.3 is 4.90 Å². The molecule has 0 atom stereocenters. The number of hydrogen-bond acceptors (Lipinski definition) is 1. The lowest BCUT2D eigenvalue weighted by Crippen LogP contribution is -2.26. The minimum Gasteiger partial charge on any atom is -0.374 e. The van der Waals surface area contributed by atoms with Crippen LogP contribution in [0.15, 0.2) is 18.2 Å². The Morgan fingerprint density at radius 3 is 2.79 bits per heavy atom. The molecule has 0 unspecified atom stereocenters. The molecular formula is C13H19N. The molecule has 1 aliphatic rings. The fraction of sp³-hybridized carbons (Fsp3) is 0.538. The van der Waals surface area contributed by atoms with Crippen LogP contribution >= 0.6 is 0 Å². The molecule has 1 aromatic carbocycles. The summed E-state index contributed by atoms with van der Waals surface area (Å²) in [4.78, 5) is 2.41. The van der Waals surface area contributed by atoms with Gasteiger partial charge in [0.05, 0.1) is 0 Å². The van der Waals surface area contributed by atoms with Crippen LogP contribution < -0.4 is 4.90 Å². The third-order valence-corrected chi connectivity index (χ3v) is 3.09. The maximum atomic E-state index is 2.41. The van der Waals surface area contributed by atoms with Gasteiger partial charge in [-0.25, -0.2) is 0 Å². The molecule has 0 radical (unpaired) electrons. The Morgan fingerprint density at radius 2 is 2.07 bits per heavy atom. The van der Waals surface area contributed by atoms with Gasteiger partial charge >= 0.3 is 0 Å². The lowest BCUT2D eigenvalue weighted by atomic mass is 9.93. The predicted octanol–water partition coefficient (Wildman–Crippen LogP) is 3.19. The lowest BCUT2D eigenvalue weighted by molar-refractivity contribution is 0.728. The third kappa shape index (κ3) is 1.52. The molecule has 1 aliphatic heterocycles. The molecule has 0 aliphatic carbocycles. The van der Waals surface area contributed by atoms with Crippen LogP contribution in [0.3, 0.4) is 0 Å². The zero-order valence-corrected chi connectivity index (χ0v) is 9.38. The second-order valence-corrected chi connectivity index (χ2v) is 4.53. The van der Waals surface area contributed by atoms with Crippen LogP contribution in [0.1, 0.15) is 37.3 Å². The zero-order valence-electron chi connectivity index (χ0n) is 9.38. The van der Waals surface area contributed by atoms with E-state index < -0.39 is 0 Å². The molecule has 76 valence electrons. The van der Waals surface area contributed by atoms with Gasteiger partial charge in [0, 0.05) is 19.3 Å². The van der Waals surface area contributed by atoms with Gasteiger partial charge in [0.2, 0.25) is 0 Å². The molecule has 0 N–H and O–H groups in total. The summed E-state index contributed by atoms with van der Waals surface area (Å²) < 4.78 is 0. The Balaban J connectivity index is 2.52. The van der Waals surface area contributed by atoms with E-state index in [1.807, 2.05) is 0 Å². The summed E-state index contributed by atoms with van der Waals surface area (Å²) in [6.45, 7) is 5.76. The van der Waals surface area contributed by atoms with Gasteiger partial charge in [-0.05, 0) is 29.9 Å². The van der Waals surface area contributed by atoms with E-state index in [0.717, 1.165) is 0 Å². The topological polar surface area (TPSA) is 3.24 Å². The molecule has 0 amide bonds. The first kappa shape index (κ1) is 9.57. The highest BCUT2D eigenvalue weighted by Crippen LogP contribution is 2.33. The van der Waals surface area contributed by atoms with Crippen LogP contribution in [0, 0.1) is 0 Å². The number of aryl methyl sites for hydroxylation is 1. The molecule has 0 bridgehead atoms. The average molecular weight is 189 g/mol. The van der Waals surface area contributed by atoms with Crippen molar-refractivity contribution in [1.82, 2.24) is 0 Å². The van der Waals surface area contributed by atoms with E-state index in [0.29, 0.717) is 5.92 Å². The minimum atomic E-state index is 0.630. The highest BCUT2D eigenvalue weighted by molar-refractivity contribution is 5.61. The Labute approximate surface area is 86.7 Å². The van der Waals surface area contributed by atoms with Crippen LogP contribution in [0.5, 0.6) is 0 Å². The van der Waals surface area contributed by atoms with Crippen molar-refractivity contribution in [2.45, 2.75) is 32.6 Å². The van der Waals surface area contributed by atoms with Crippen molar-refractivity contribution in [2.75, 3.05) is 18.5 Å². The van der Waals surface area contributed by atoms with Crippen LogP contribution in [-0.4, -0.2) is 13.6 Å². The van der Waals surface area contributed by atoms with E-state index in [2.05, 4.69) is 44.0 Å². The quantitative estimate of drug-likeness (QED) is 0.655. The van der Waals surface area contributed by atoms with Crippen molar-refractivity contribution in [2.24, 2.45) is 0 Å². The maximum absolute atomic E-state index is 2.41. The van der Waals surface area contributed by atoms with Crippen molar-refractivity contribution in [3.8, 4) is 0 Å². The Hall–Kier alpha value is -0.980. The minimum absolute atomic E-state index is 0.630. The Kier molecular flexibility index (Phi) is 2.49. The summed E-state index contributed by atoms with van der Waals surface area (Å²) in [5.74, 6) is 0.630. The van der Waals surface area contributed by atoms with E-state index in [-0.39, 0.29) is 0 Å². The van der Waals surface area contributed by atoms with Crippen molar-refractivity contribution < 1.29 is 0 Å². The zero-order chi connectivity index (χ0) is 10.1. The molecule has 1 nitrogen and oxygen atoms in total. The van der Waals surface area contributed by atoms with Crippen molar-refractivity contribution >= 4 is 5.69 Å². The normalized spacial score (nSPS) is 15.9. The molecular weight excluding hydrogens is 170 g/mol. The number of para-hydroxylation sites is 1. The van der Waals surface area contributed by atoms with Gasteiger partial charge in [0.15, 0.2) is 0 Å². The van der Waals surface area contributed by atoms with E-state index in [9.17, 15) is 0 Å². The van der Waals surface area contributed by atoms with Gasteiger partial charge in [-0.3, -0.25) is 0 Å². The Bertz CT molecular complexity index is 328. The summed E-state index contributed by atoms with van der Waals surface area (Å²) >= 11 is 0. The number of hydrogen-bond donors (Lipinski definition) is 0. The lowest BCUT2D eigenvalue weighted by Gasteiger charge is -2.31. The van der Waals surface area contributed by atoms with E-state index in [1.165, 1.54) is 36.2 Å². The van der Waals surface area contributed by atoms with Gasteiger partial charge in [-0.15, -0.1) is 0 Å². The van der Waals surface area contributed by atoms with E-state index in [1.54, 1.807) is 0 Å². The van der Waals surface area contributed by atoms with Gasteiger partial charge in [0.1, 0.15) is 0 Å². The molecule has 0 aromatic heterocycles. The summed E-state index contributed by atoms with van der Waals surface area (Å²) in [5.41, 5.74) is 4.53. The molecule has 1 aromatic rings. The third-order valence-electron chi connectivity index (χ3n) is 3.09. The average Bonchev–Trinajstić information content (AvgIpc) is 2.17. The van der Waals surface area contributed by atoms with E-state index >= 15 is 0 Å². The molecule has 1 heterocycles. The largest absolute Gasteiger partial charge is 0.374 e. The molecule has 0 spiro atoms. The van der Waals surface area contributed by atoms with Crippen LogP contribution in [0.2, 0.25) is 0 Å². The summed E-state index contributed by atoms with van der Waals surface area (Å²) in [6, 6.07) is 6.75. The summed E-state index contributed by atoms with van der Waals surface area (Å²) in [6.07, 6.45) is 2.55. The number of anilines is 1. The van der Waals surface area contributed by atoms with Crippen LogP contribution in [-0.2, 0) is 6.42 Å². The molecule has 2 rings (SSSR count).